The van der Waals surface area contributed by atoms with Gasteiger partial charge in [0.2, 0.25) is 0 Å². The first-order chi connectivity index (χ1) is 7.47. The van der Waals surface area contributed by atoms with Gasteiger partial charge in [0, 0.05) is 4.83 Å². The maximum Gasteiger partial charge on any atom is 0.0151 e. The molecule has 2 rings (SSSR count). The Labute approximate surface area is 108 Å². The Bertz CT molecular complexity index is 363. The fourth-order valence-electron chi connectivity index (χ4n) is 3.07. The highest BCUT2D eigenvalue weighted by Gasteiger charge is 2.33. The highest BCUT2D eigenvalue weighted by atomic mass is 79.9. The molecule has 0 N–H and O–H groups in total. The fourth-order valence-corrected chi connectivity index (χ4v) is 4.08. The van der Waals surface area contributed by atoms with E-state index >= 15 is 0 Å². The normalized spacial score (nSPS) is 29.6. The van der Waals surface area contributed by atoms with Gasteiger partial charge in [0.15, 0.2) is 0 Å². The second-order valence-corrected chi connectivity index (χ2v) is 7.12. The lowest BCUT2D eigenvalue weighted by molar-refractivity contribution is 0.336. The molecule has 0 nitrogen and oxygen atoms in total. The molecule has 0 saturated heterocycles. The molecule has 1 fully saturated rings. The lowest BCUT2D eigenvalue weighted by Crippen LogP contribution is -2.15. The first-order valence-electron chi connectivity index (χ1n) is 6.18. The van der Waals surface area contributed by atoms with Crippen LogP contribution in [0.4, 0.5) is 0 Å². The zero-order valence-corrected chi connectivity index (χ0v) is 12.1. The maximum absolute atomic E-state index is 3.76. The molecule has 1 heteroatoms. The number of rotatable bonds is 2. The number of halogens is 1. The summed E-state index contributed by atoms with van der Waals surface area (Å²) >= 11 is 3.76. The third-order valence-corrected chi connectivity index (χ3v) is 4.47. The van der Waals surface area contributed by atoms with Crippen LogP contribution in [0, 0.1) is 19.3 Å². The summed E-state index contributed by atoms with van der Waals surface area (Å²) in [6, 6.07) is 6.95. The first-order valence-corrected chi connectivity index (χ1v) is 7.10. The van der Waals surface area contributed by atoms with Gasteiger partial charge in [-0.1, -0.05) is 52.2 Å². The van der Waals surface area contributed by atoms with Crippen LogP contribution in [0.2, 0.25) is 0 Å². The topological polar surface area (TPSA) is 0 Å². The summed E-state index contributed by atoms with van der Waals surface area (Å²) in [7, 11) is 0. The standard InChI is InChI=1S/C15H21Br/c1-11-6-12(2)8-13(7-11)9-15(3)5-4-14(16)10-15/h6-8,14H,4-5,9-10H2,1-3H3. The molecule has 0 bridgehead atoms. The molecule has 2 unspecified atom stereocenters. The predicted octanol–water partition coefficient (Wildman–Crippen LogP) is 4.80. The molecular formula is C15H21Br. The summed E-state index contributed by atoms with van der Waals surface area (Å²) in [5.74, 6) is 0. The number of hydrogen-bond acceptors (Lipinski definition) is 0. The van der Waals surface area contributed by atoms with E-state index in [1.165, 1.54) is 42.4 Å². The lowest BCUT2D eigenvalue weighted by atomic mass is 9.81. The van der Waals surface area contributed by atoms with Gasteiger partial charge in [-0.2, -0.15) is 0 Å². The smallest absolute Gasteiger partial charge is 0.0151 e. The number of benzene rings is 1. The molecule has 16 heavy (non-hydrogen) atoms. The lowest BCUT2D eigenvalue weighted by Gasteiger charge is -2.24. The number of alkyl halides is 1. The van der Waals surface area contributed by atoms with Crippen molar-refractivity contribution in [1.29, 1.82) is 0 Å². The van der Waals surface area contributed by atoms with Gasteiger partial charge >= 0.3 is 0 Å². The zero-order valence-electron chi connectivity index (χ0n) is 10.5. The van der Waals surface area contributed by atoms with Crippen molar-refractivity contribution in [3.63, 3.8) is 0 Å². The van der Waals surface area contributed by atoms with Crippen molar-refractivity contribution in [3.05, 3.63) is 34.9 Å². The van der Waals surface area contributed by atoms with Gasteiger partial charge in [0.1, 0.15) is 0 Å². The van der Waals surface area contributed by atoms with Crippen molar-refractivity contribution in [2.75, 3.05) is 0 Å². The summed E-state index contributed by atoms with van der Waals surface area (Å²) in [6.45, 7) is 6.83. The summed E-state index contributed by atoms with van der Waals surface area (Å²) in [5, 5.41) is 0. The van der Waals surface area contributed by atoms with E-state index in [0.29, 0.717) is 5.41 Å². The van der Waals surface area contributed by atoms with E-state index < -0.39 is 0 Å². The van der Waals surface area contributed by atoms with Crippen molar-refractivity contribution < 1.29 is 0 Å². The van der Waals surface area contributed by atoms with Gasteiger partial charge in [-0.05, 0) is 50.5 Å². The molecule has 0 spiro atoms. The Morgan fingerprint density at radius 3 is 2.38 bits per heavy atom. The molecule has 1 aliphatic carbocycles. The zero-order chi connectivity index (χ0) is 11.8. The van der Waals surface area contributed by atoms with Crippen molar-refractivity contribution in [1.82, 2.24) is 0 Å². The van der Waals surface area contributed by atoms with Crippen LogP contribution >= 0.6 is 15.9 Å². The van der Waals surface area contributed by atoms with Gasteiger partial charge in [-0.3, -0.25) is 0 Å². The Morgan fingerprint density at radius 1 is 1.25 bits per heavy atom. The average Bonchev–Trinajstić information content (AvgIpc) is 2.43. The van der Waals surface area contributed by atoms with E-state index in [1.807, 2.05) is 0 Å². The van der Waals surface area contributed by atoms with Crippen molar-refractivity contribution in [2.45, 2.75) is 51.3 Å². The molecule has 0 aromatic heterocycles. The van der Waals surface area contributed by atoms with Gasteiger partial charge in [-0.15, -0.1) is 0 Å². The van der Waals surface area contributed by atoms with Crippen molar-refractivity contribution >= 4 is 15.9 Å². The second kappa shape index (κ2) is 4.52. The van der Waals surface area contributed by atoms with E-state index in [2.05, 4.69) is 54.9 Å². The van der Waals surface area contributed by atoms with Crippen LogP contribution in [0.1, 0.15) is 42.9 Å². The quantitative estimate of drug-likeness (QED) is 0.683. The monoisotopic (exact) mass is 280 g/mol. The van der Waals surface area contributed by atoms with Crippen LogP contribution in [-0.4, -0.2) is 4.83 Å². The number of aryl methyl sites for hydroxylation is 2. The van der Waals surface area contributed by atoms with Gasteiger partial charge in [0.25, 0.3) is 0 Å². The molecule has 0 radical (unpaired) electrons. The molecule has 1 aromatic carbocycles. The van der Waals surface area contributed by atoms with Crippen LogP contribution in [-0.2, 0) is 6.42 Å². The summed E-state index contributed by atoms with van der Waals surface area (Å²) in [6.07, 6.45) is 5.24. The molecule has 0 amide bonds. The Morgan fingerprint density at radius 2 is 1.88 bits per heavy atom. The van der Waals surface area contributed by atoms with Gasteiger partial charge in [-0.25, -0.2) is 0 Å². The summed E-state index contributed by atoms with van der Waals surface area (Å²) in [4.78, 5) is 0.739. The number of hydrogen-bond donors (Lipinski definition) is 0. The molecule has 1 aromatic rings. The largest absolute Gasteiger partial charge is 0.0890 e. The fraction of sp³-hybridized carbons (Fsp3) is 0.600. The predicted molar refractivity (Wildman–Crippen MR) is 74.3 cm³/mol. The Kier molecular flexibility index (Phi) is 3.44. The van der Waals surface area contributed by atoms with E-state index in [0.717, 1.165) is 4.83 Å². The van der Waals surface area contributed by atoms with Gasteiger partial charge in [0.05, 0.1) is 0 Å². The molecule has 1 saturated carbocycles. The van der Waals surface area contributed by atoms with Gasteiger partial charge < -0.3 is 0 Å². The molecular weight excluding hydrogens is 260 g/mol. The highest BCUT2D eigenvalue weighted by Crippen LogP contribution is 2.43. The van der Waals surface area contributed by atoms with Crippen LogP contribution in [0.3, 0.4) is 0 Å². The molecule has 2 atom stereocenters. The molecule has 1 aliphatic rings. The SMILES string of the molecule is Cc1cc(C)cc(CC2(C)CCC(Br)C2)c1. The summed E-state index contributed by atoms with van der Waals surface area (Å²) < 4.78 is 0. The van der Waals surface area contributed by atoms with E-state index in [9.17, 15) is 0 Å². The average molecular weight is 281 g/mol. The van der Waals surface area contributed by atoms with Crippen LogP contribution in [0.15, 0.2) is 18.2 Å². The molecule has 0 aliphatic heterocycles. The van der Waals surface area contributed by atoms with E-state index in [4.69, 9.17) is 0 Å². The minimum absolute atomic E-state index is 0.508. The summed E-state index contributed by atoms with van der Waals surface area (Å²) in [5.41, 5.74) is 4.81. The van der Waals surface area contributed by atoms with Crippen molar-refractivity contribution in [3.8, 4) is 0 Å². The van der Waals surface area contributed by atoms with Crippen LogP contribution < -0.4 is 0 Å². The molecule has 88 valence electrons. The van der Waals surface area contributed by atoms with Crippen molar-refractivity contribution in [2.24, 2.45) is 5.41 Å². The maximum atomic E-state index is 3.76. The van der Waals surface area contributed by atoms with Crippen LogP contribution in [0.25, 0.3) is 0 Å². The third kappa shape index (κ3) is 2.88. The van der Waals surface area contributed by atoms with E-state index in [1.54, 1.807) is 0 Å². The first kappa shape index (κ1) is 12.2. The van der Waals surface area contributed by atoms with Crippen LogP contribution in [0.5, 0.6) is 0 Å². The van der Waals surface area contributed by atoms with E-state index in [-0.39, 0.29) is 0 Å². The highest BCUT2D eigenvalue weighted by molar-refractivity contribution is 9.09. The molecule has 0 heterocycles. The Hall–Kier alpha value is -0.300. The second-order valence-electron chi connectivity index (χ2n) is 5.82. The minimum atomic E-state index is 0.508. The third-order valence-electron chi connectivity index (χ3n) is 3.69. The Balaban J connectivity index is 2.14. The minimum Gasteiger partial charge on any atom is -0.0890 e.